The number of nitrogen functional groups attached to an aromatic ring is 1. The van der Waals surface area contributed by atoms with Crippen LogP contribution >= 0.6 is 0 Å². The summed E-state index contributed by atoms with van der Waals surface area (Å²) < 4.78 is 1.72. The normalized spacial score (nSPS) is 14.7. The molecule has 0 atom stereocenters. The predicted molar refractivity (Wildman–Crippen MR) is 68.9 cm³/mol. The lowest BCUT2D eigenvalue weighted by Crippen LogP contribution is -2.27. The Hall–Kier alpha value is -2.11. The van der Waals surface area contributed by atoms with Gasteiger partial charge in [-0.1, -0.05) is 17.2 Å². The summed E-state index contributed by atoms with van der Waals surface area (Å²) in [5.41, 5.74) is 7.71. The fourth-order valence-electron chi connectivity index (χ4n) is 2.04. The molecule has 0 radical (unpaired) electrons. The van der Waals surface area contributed by atoms with Gasteiger partial charge in [-0.3, -0.25) is 0 Å². The molecular formula is C12H16N6. The standard InChI is InChI=1S/C12H16N6/c1-17-12(14-15-16-17)18(11-6-7-11)8-9-2-4-10(13)5-3-9/h2-5,11H,6-8,13H2,1H3. The molecular weight excluding hydrogens is 228 g/mol. The van der Waals surface area contributed by atoms with E-state index in [1.165, 1.54) is 18.4 Å². The van der Waals surface area contributed by atoms with Crippen molar-refractivity contribution in [2.75, 3.05) is 10.6 Å². The lowest BCUT2D eigenvalue weighted by atomic mass is 10.2. The number of hydrogen-bond donors (Lipinski definition) is 1. The summed E-state index contributed by atoms with van der Waals surface area (Å²) in [5, 5.41) is 11.7. The van der Waals surface area contributed by atoms with Gasteiger partial charge in [-0.05, 0) is 41.0 Å². The Morgan fingerprint density at radius 2 is 2.06 bits per heavy atom. The van der Waals surface area contributed by atoms with Crippen molar-refractivity contribution < 1.29 is 0 Å². The van der Waals surface area contributed by atoms with E-state index in [1.807, 2.05) is 19.2 Å². The molecule has 1 aromatic carbocycles. The van der Waals surface area contributed by atoms with Crippen LogP contribution in [-0.2, 0) is 13.6 Å². The highest BCUT2D eigenvalue weighted by Crippen LogP contribution is 2.31. The van der Waals surface area contributed by atoms with Crippen LogP contribution in [0.1, 0.15) is 18.4 Å². The lowest BCUT2D eigenvalue weighted by Gasteiger charge is -2.22. The van der Waals surface area contributed by atoms with E-state index in [0.29, 0.717) is 6.04 Å². The third kappa shape index (κ3) is 2.13. The van der Waals surface area contributed by atoms with Gasteiger partial charge in [0.1, 0.15) is 0 Å². The number of rotatable bonds is 4. The Morgan fingerprint density at radius 1 is 1.33 bits per heavy atom. The predicted octanol–water partition coefficient (Wildman–Crippen LogP) is 0.961. The van der Waals surface area contributed by atoms with Gasteiger partial charge in [0.05, 0.1) is 0 Å². The van der Waals surface area contributed by atoms with E-state index in [4.69, 9.17) is 5.73 Å². The highest BCUT2D eigenvalue weighted by atomic mass is 15.6. The molecule has 2 N–H and O–H groups in total. The second kappa shape index (κ2) is 4.29. The molecule has 1 heterocycles. The van der Waals surface area contributed by atoms with E-state index in [-0.39, 0.29) is 0 Å². The van der Waals surface area contributed by atoms with Gasteiger partial charge in [0.2, 0.25) is 5.95 Å². The van der Waals surface area contributed by atoms with Gasteiger partial charge in [0.25, 0.3) is 0 Å². The van der Waals surface area contributed by atoms with E-state index in [9.17, 15) is 0 Å². The largest absolute Gasteiger partial charge is 0.399 e. The smallest absolute Gasteiger partial charge is 0.245 e. The monoisotopic (exact) mass is 244 g/mol. The SMILES string of the molecule is Cn1nnnc1N(Cc1ccc(N)cc1)C1CC1. The average molecular weight is 244 g/mol. The molecule has 1 aliphatic rings. The van der Waals surface area contributed by atoms with E-state index in [0.717, 1.165) is 18.2 Å². The van der Waals surface area contributed by atoms with Crippen LogP contribution in [0, 0.1) is 0 Å². The van der Waals surface area contributed by atoms with Crippen LogP contribution in [0.4, 0.5) is 11.6 Å². The first-order valence-corrected chi connectivity index (χ1v) is 6.07. The minimum atomic E-state index is 0.562. The first kappa shape index (κ1) is 11.0. The van der Waals surface area contributed by atoms with Crippen LogP contribution in [0.5, 0.6) is 0 Å². The maximum absolute atomic E-state index is 5.70. The van der Waals surface area contributed by atoms with Crippen molar-refractivity contribution >= 4 is 11.6 Å². The van der Waals surface area contributed by atoms with Crippen molar-refractivity contribution in [1.29, 1.82) is 0 Å². The van der Waals surface area contributed by atoms with E-state index < -0.39 is 0 Å². The lowest BCUT2D eigenvalue weighted by molar-refractivity contribution is 0.673. The summed E-state index contributed by atoms with van der Waals surface area (Å²) in [5.74, 6) is 0.828. The molecule has 6 nitrogen and oxygen atoms in total. The van der Waals surface area contributed by atoms with E-state index in [1.54, 1.807) is 4.68 Å². The van der Waals surface area contributed by atoms with Crippen molar-refractivity contribution in [3.8, 4) is 0 Å². The molecule has 1 aromatic heterocycles. The fraction of sp³-hybridized carbons (Fsp3) is 0.417. The minimum Gasteiger partial charge on any atom is -0.399 e. The molecule has 0 unspecified atom stereocenters. The van der Waals surface area contributed by atoms with Gasteiger partial charge in [-0.15, -0.1) is 0 Å². The number of benzene rings is 1. The number of anilines is 2. The molecule has 94 valence electrons. The summed E-state index contributed by atoms with van der Waals surface area (Å²) in [4.78, 5) is 2.26. The summed E-state index contributed by atoms with van der Waals surface area (Å²) in [6.07, 6.45) is 2.42. The Morgan fingerprint density at radius 3 is 2.61 bits per heavy atom. The van der Waals surface area contributed by atoms with Crippen LogP contribution in [0.3, 0.4) is 0 Å². The van der Waals surface area contributed by atoms with Crippen molar-refractivity contribution in [2.24, 2.45) is 7.05 Å². The van der Waals surface area contributed by atoms with Gasteiger partial charge in [0.15, 0.2) is 0 Å². The third-order valence-electron chi connectivity index (χ3n) is 3.17. The van der Waals surface area contributed by atoms with Crippen molar-refractivity contribution in [3.05, 3.63) is 29.8 Å². The molecule has 0 saturated heterocycles. The number of nitrogens with zero attached hydrogens (tertiary/aromatic N) is 5. The number of nitrogens with two attached hydrogens (primary N) is 1. The molecule has 0 bridgehead atoms. The topological polar surface area (TPSA) is 72.9 Å². The van der Waals surface area contributed by atoms with Crippen LogP contribution in [0.2, 0.25) is 0 Å². The summed E-state index contributed by atoms with van der Waals surface area (Å²) >= 11 is 0. The second-order valence-electron chi connectivity index (χ2n) is 4.70. The maximum Gasteiger partial charge on any atom is 0.245 e. The van der Waals surface area contributed by atoms with Crippen LogP contribution in [0.15, 0.2) is 24.3 Å². The average Bonchev–Trinajstić information content (AvgIpc) is 3.12. The van der Waals surface area contributed by atoms with Gasteiger partial charge in [-0.2, -0.15) is 0 Å². The van der Waals surface area contributed by atoms with E-state index in [2.05, 4.69) is 32.6 Å². The van der Waals surface area contributed by atoms with Crippen molar-refractivity contribution in [1.82, 2.24) is 20.2 Å². The zero-order valence-corrected chi connectivity index (χ0v) is 10.3. The second-order valence-corrected chi connectivity index (χ2v) is 4.70. The van der Waals surface area contributed by atoms with Gasteiger partial charge >= 0.3 is 0 Å². The Labute approximate surface area is 105 Å². The van der Waals surface area contributed by atoms with Gasteiger partial charge in [0, 0.05) is 25.3 Å². The maximum atomic E-state index is 5.70. The molecule has 1 fully saturated rings. The molecule has 0 amide bonds. The Balaban J connectivity index is 1.83. The molecule has 3 rings (SSSR count). The number of tetrazole rings is 1. The van der Waals surface area contributed by atoms with Gasteiger partial charge < -0.3 is 10.6 Å². The highest BCUT2D eigenvalue weighted by molar-refractivity contribution is 5.41. The highest BCUT2D eigenvalue weighted by Gasteiger charge is 2.31. The minimum absolute atomic E-state index is 0.562. The summed E-state index contributed by atoms with van der Waals surface area (Å²) in [6.45, 7) is 0.819. The number of aryl methyl sites for hydroxylation is 1. The molecule has 0 aliphatic heterocycles. The Kier molecular flexibility index (Phi) is 2.62. The molecule has 6 heteroatoms. The van der Waals surface area contributed by atoms with Crippen molar-refractivity contribution in [2.45, 2.75) is 25.4 Å². The quantitative estimate of drug-likeness (QED) is 0.811. The molecule has 0 spiro atoms. The van der Waals surface area contributed by atoms with Gasteiger partial charge in [-0.25, -0.2) is 4.68 Å². The zero-order valence-electron chi connectivity index (χ0n) is 10.3. The zero-order chi connectivity index (χ0) is 12.5. The molecule has 1 saturated carbocycles. The fourth-order valence-corrected chi connectivity index (χ4v) is 2.04. The summed E-state index contributed by atoms with van der Waals surface area (Å²) in [7, 11) is 1.87. The number of aromatic nitrogens is 4. The molecule has 2 aromatic rings. The number of hydrogen-bond acceptors (Lipinski definition) is 5. The van der Waals surface area contributed by atoms with Crippen LogP contribution < -0.4 is 10.6 Å². The van der Waals surface area contributed by atoms with Crippen LogP contribution in [0.25, 0.3) is 0 Å². The van der Waals surface area contributed by atoms with Crippen LogP contribution in [-0.4, -0.2) is 26.2 Å². The first-order valence-electron chi connectivity index (χ1n) is 6.07. The third-order valence-corrected chi connectivity index (χ3v) is 3.17. The summed E-state index contributed by atoms with van der Waals surface area (Å²) in [6, 6.07) is 8.51. The molecule has 18 heavy (non-hydrogen) atoms. The molecule has 1 aliphatic carbocycles. The van der Waals surface area contributed by atoms with Crippen molar-refractivity contribution in [3.63, 3.8) is 0 Å². The Bertz CT molecular complexity index is 528. The first-order chi connectivity index (χ1) is 8.74. The van der Waals surface area contributed by atoms with E-state index >= 15 is 0 Å².